The van der Waals surface area contributed by atoms with E-state index in [2.05, 4.69) is 0 Å². The van der Waals surface area contributed by atoms with Crippen LogP contribution in [0.4, 0.5) is 4.39 Å². The van der Waals surface area contributed by atoms with Gasteiger partial charge in [0.2, 0.25) is 0 Å². The zero-order chi connectivity index (χ0) is 14.9. The number of carbonyl (C=O) groups is 2. The summed E-state index contributed by atoms with van der Waals surface area (Å²) in [6, 6.07) is 7.15. The topological polar surface area (TPSA) is 74.6 Å². The van der Waals surface area contributed by atoms with Gasteiger partial charge in [-0.1, -0.05) is 11.6 Å². The molecule has 0 saturated carbocycles. The summed E-state index contributed by atoms with van der Waals surface area (Å²) in [6.45, 7) is 0. The lowest BCUT2D eigenvalue weighted by Crippen LogP contribution is -1.99. The van der Waals surface area contributed by atoms with Crippen LogP contribution in [0.1, 0.15) is 20.7 Å². The molecule has 2 aromatic rings. The molecule has 2 rings (SSSR count). The molecule has 0 bridgehead atoms. The molecule has 0 radical (unpaired) electrons. The van der Waals surface area contributed by atoms with Crippen LogP contribution in [0.3, 0.4) is 0 Å². The van der Waals surface area contributed by atoms with E-state index in [-0.39, 0.29) is 27.3 Å². The fourth-order valence-corrected chi connectivity index (χ4v) is 1.97. The van der Waals surface area contributed by atoms with Gasteiger partial charge in [-0.3, -0.25) is 0 Å². The minimum absolute atomic E-state index is 0.0227. The molecule has 0 heterocycles. The lowest BCUT2D eigenvalue weighted by atomic mass is 10.0. The summed E-state index contributed by atoms with van der Waals surface area (Å²) < 4.78 is 13.4. The second kappa shape index (κ2) is 5.30. The number of carboxylic acids is 2. The largest absolute Gasteiger partial charge is 0.478 e. The lowest BCUT2D eigenvalue weighted by Gasteiger charge is -2.07. The number of benzene rings is 2. The van der Waals surface area contributed by atoms with Gasteiger partial charge in [0.15, 0.2) is 0 Å². The fraction of sp³-hybridized carbons (Fsp3) is 0. The van der Waals surface area contributed by atoms with Gasteiger partial charge in [-0.05, 0) is 42.0 Å². The van der Waals surface area contributed by atoms with Crippen molar-refractivity contribution in [2.24, 2.45) is 0 Å². The summed E-state index contributed by atoms with van der Waals surface area (Å²) in [5.41, 5.74) is 0.200. The average Bonchev–Trinajstić information content (AvgIpc) is 2.38. The smallest absolute Gasteiger partial charge is 0.335 e. The highest BCUT2D eigenvalue weighted by molar-refractivity contribution is 6.33. The Labute approximate surface area is 118 Å². The SMILES string of the molecule is O=C(O)c1cc(F)cc(-c2cc(C(=O)O)ccc2Cl)c1. The summed E-state index contributed by atoms with van der Waals surface area (Å²) in [5.74, 6) is -3.18. The van der Waals surface area contributed by atoms with Crippen molar-refractivity contribution >= 4 is 23.5 Å². The highest BCUT2D eigenvalue weighted by Crippen LogP contribution is 2.30. The van der Waals surface area contributed by atoms with Gasteiger partial charge in [-0.25, -0.2) is 14.0 Å². The molecule has 0 fully saturated rings. The second-order valence-corrected chi connectivity index (χ2v) is 4.44. The van der Waals surface area contributed by atoms with Gasteiger partial charge in [-0.15, -0.1) is 0 Å². The molecular weight excluding hydrogens is 287 g/mol. The summed E-state index contributed by atoms with van der Waals surface area (Å²) in [7, 11) is 0. The molecule has 0 atom stereocenters. The van der Waals surface area contributed by atoms with E-state index in [0.29, 0.717) is 0 Å². The van der Waals surface area contributed by atoms with Crippen molar-refractivity contribution in [3.05, 3.63) is 58.4 Å². The van der Waals surface area contributed by atoms with Crippen molar-refractivity contribution in [1.82, 2.24) is 0 Å². The molecule has 0 amide bonds. The molecule has 0 aliphatic heterocycles. The van der Waals surface area contributed by atoms with Gasteiger partial charge in [0.1, 0.15) is 5.82 Å². The van der Waals surface area contributed by atoms with Crippen molar-refractivity contribution in [3.63, 3.8) is 0 Å². The Morgan fingerprint density at radius 2 is 1.60 bits per heavy atom. The first-order valence-electron chi connectivity index (χ1n) is 5.45. The molecule has 102 valence electrons. The first kappa shape index (κ1) is 14.0. The van der Waals surface area contributed by atoms with Gasteiger partial charge in [0.25, 0.3) is 0 Å². The van der Waals surface area contributed by atoms with Crippen molar-refractivity contribution < 1.29 is 24.2 Å². The molecule has 2 N–H and O–H groups in total. The van der Waals surface area contributed by atoms with Gasteiger partial charge < -0.3 is 10.2 Å². The first-order valence-corrected chi connectivity index (χ1v) is 5.83. The van der Waals surface area contributed by atoms with E-state index in [9.17, 15) is 14.0 Å². The van der Waals surface area contributed by atoms with Gasteiger partial charge >= 0.3 is 11.9 Å². The molecule has 0 spiro atoms. The number of hydrogen-bond acceptors (Lipinski definition) is 2. The Bertz CT molecular complexity index is 712. The van der Waals surface area contributed by atoms with Gasteiger partial charge in [-0.2, -0.15) is 0 Å². The highest BCUT2D eigenvalue weighted by atomic mass is 35.5. The molecule has 6 heteroatoms. The summed E-state index contributed by atoms with van der Waals surface area (Å²) in [4.78, 5) is 21.8. The zero-order valence-corrected chi connectivity index (χ0v) is 10.7. The lowest BCUT2D eigenvalue weighted by molar-refractivity contribution is 0.0685. The Morgan fingerprint density at radius 3 is 2.20 bits per heavy atom. The minimum Gasteiger partial charge on any atom is -0.478 e. The maximum atomic E-state index is 13.4. The maximum absolute atomic E-state index is 13.4. The number of aromatic carboxylic acids is 2. The summed E-state index contributed by atoms with van der Waals surface area (Å²) in [5, 5.41) is 18.0. The number of rotatable bonds is 3. The molecule has 0 aliphatic carbocycles. The standard InChI is InChI=1S/C14H8ClFO4/c15-12-2-1-7(13(17)18)6-11(12)8-3-9(14(19)20)5-10(16)4-8/h1-6H,(H,17,18)(H,19,20). The van der Waals surface area contributed by atoms with Crippen LogP contribution in [-0.2, 0) is 0 Å². The van der Waals surface area contributed by atoms with Gasteiger partial charge in [0.05, 0.1) is 11.1 Å². The van der Waals surface area contributed by atoms with E-state index >= 15 is 0 Å². The Balaban J connectivity index is 2.64. The van der Waals surface area contributed by atoms with Crippen LogP contribution < -0.4 is 0 Å². The summed E-state index contributed by atoms with van der Waals surface area (Å²) in [6.07, 6.45) is 0. The van der Waals surface area contributed by atoms with Crippen LogP contribution >= 0.6 is 11.6 Å². The van der Waals surface area contributed by atoms with Crippen LogP contribution in [0.15, 0.2) is 36.4 Å². The monoisotopic (exact) mass is 294 g/mol. The predicted octanol–water partition coefficient (Wildman–Crippen LogP) is 3.54. The molecule has 0 unspecified atom stereocenters. The number of hydrogen-bond donors (Lipinski definition) is 2. The quantitative estimate of drug-likeness (QED) is 0.908. The Kier molecular flexibility index (Phi) is 3.72. The summed E-state index contributed by atoms with van der Waals surface area (Å²) >= 11 is 5.96. The molecule has 2 aromatic carbocycles. The van der Waals surface area contributed by atoms with E-state index in [1.165, 1.54) is 24.3 Å². The van der Waals surface area contributed by atoms with E-state index in [4.69, 9.17) is 21.8 Å². The molecule has 4 nitrogen and oxygen atoms in total. The normalized spacial score (nSPS) is 10.3. The van der Waals surface area contributed by atoms with E-state index < -0.39 is 17.8 Å². The van der Waals surface area contributed by atoms with E-state index in [1.54, 1.807) is 0 Å². The predicted molar refractivity (Wildman–Crippen MR) is 70.8 cm³/mol. The van der Waals surface area contributed by atoms with Crippen molar-refractivity contribution in [1.29, 1.82) is 0 Å². The first-order chi connectivity index (χ1) is 9.38. The molecule has 0 saturated heterocycles. The van der Waals surface area contributed by atoms with Crippen molar-refractivity contribution in [3.8, 4) is 11.1 Å². The minimum atomic E-state index is -1.28. The average molecular weight is 295 g/mol. The Morgan fingerprint density at radius 1 is 0.950 bits per heavy atom. The van der Waals surface area contributed by atoms with E-state index in [1.807, 2.05) is 0 Å². The van der Waals surface area contributed by atoms with Gasteiger partial charge in [0, 0.05) is 10.6 Å². The second-order valence-electron chi connectivity index (χ2n) is 4.03. The van der Waals surface area contributed by atoms with Crippen LogP contribution in [0.5, 0.6) is 0 Å². The van der Waals surface area contributed by atoms with E-state index in [0.717, 1.165) is 12.1 Å². The van der Waals surface area contributed by atoms with Crippen LogP contribution in [0.2, 0.25) is 5.02 Å². The third kappa shape index (κ3) is 2.78. The fourth-order valence-electron chi connectivity index (χ4n) is 1.75. The molecule has 0 aliphatic rings. The molecule has 20 heavy (non-hydrogen) atoms. The third-order valence-electron chi connectivity index (χ3n) is 2.67. The van der Waals surface area contributed by atoms with Crippen LogP contribution in [-0.4, -0.2) is 22.2 Å². The van der Waals surface area contributed by atoms with Crippen molar-refractivity contribution in [2.45, 2.75) is 0 Å². The zero-order valence-electron chi connectivity index (χ0n) is 9.93. The maximum Gasteiger partial charge on any atom is 0.335 e. The molecular formula is C14H8ClFO4. The van der Waals surface area contributed by atoms with Crippen molar-refractivity contribution in [2.75, 3.05) is 0 Å². The third-order valence-corrected chi connectivity index (χ3v) is 3.00. The molecule has 0 aromatic heterocycles. The van der Waals surface area contributed by atoms with Crippen LogP contribution in [0, 0.1) is 5.82 Å². The number of halogens is 2. The highest BCUT2D eigenvalue weighted by Gasteiger charge is 2.13. The Hall–Kier alpha value is -2.40. The van der Waals surface area contributed by atoms with Crippen LogP contribution in [0.25, 0.3) is 11.1 Å². The number of carboxylic acid groups (broad SMARTS) is 2.